The van der Waals surface area contributed by atoms with Gasteiger partial charge in [0, 0.05) is 18.4 Å². The highest BCUT2D eigenvalue weighted by Gasteiger charge is 2.05. The topological polar surface area (TPSA) is 38.1 Å². The molecule has 0 aliphatic heterocycles. The fourth-order valence-electron chi connectivity index (χ4n) is 1.36. The second-order valence-corrected chi connectivity index (χ2v) is 2.98. The molecule has 0 saturated carbocycles. The lowest BCUT2D eigenvalue weighted by Crippen LogP contribution is -2.10. The zero-order chi connectivity index (χ0) is 9.10. The number of hydrogen-bond acceptors (Lipinski definition) is 3. The van der Waals surface area contributed by atoms with Crippen molar-refractivity contribution in [2.75, 3.05) is 13.6 Å². The van der Waals surface area contributed by atoms with E-state index in [0.717, 1.165) is 29.6 Å². The van der Waals surface area contributed by atoms with Crippen molar-refractivity contribution in [3.05, 3.63) is 30.0 Å². The Kier molecular flexibility index (Phi) is 2.27. The van der Waals surface area contributed by atoms with E-state index in [-0.39, 0.29) is 0 Å². The molecule has 0 saturated heterocycles. The summed E-state index contributed by atoms with van der Waals surface area (Å²) in [4.78, 5) is 0. The Balaban J connectivity index is 2.35. The predicted molar refractivity (Wildman–Crippen MR) is 51.6 cm³/mol. The molecule has 1 aromatic heterocycles. The number of fused-ring (bicyclic) bond motifs is 1. The van der Waals surface area contributed by atoms with Gasteiger partial charge in [0.05, 0.1) is 5.69 Å². The van der Waals surface area contributed by atoms with Gasteiger partial charge in [-0.3, -0.25) is 0 Å². The van der Waals surface area contributed by atoms with Gasteiger partial charge in [-0.05, 0) is 19.2 Å². The standard InChI is InChI=1S/C10H12N2O/c1-11-7-6-9-8-4-2-3-5-10(8)13-12-9/h2-5,11H,6-7H2,1H3. The van der Waals surface area contributed by atoms with Crippen LogP contribution in [0.5, 0.6) is 0 Å². The zero-order valence-electron chi connectivity index (χ0n) is 7.58. The van der Waals surface area contributed by atoms with Gasteiger partial charge in [-0.1, -0.05) is 17.3 Å². The van der Waals surface area contributed by atoms with E-state index in [1.807, 2.05) is 31.3 Å². The van der Waals surface area contributed by atoms with Crippen LogP contribution in [0.3, 0.4) is 0 Å². The smallest absolute Gasteiger partial charge is 0.167 e. The van der Waals surface area contributed by atoms with Crippen molar-refractivity contribution in [2.24, 2.45) is 0 Å². The van der Waals surface area contributed by atoms with Gasteiger partial charge >= 0.3 is 0 Å². The van der Waals surface area contributed by atoms with E-state index in [9.17, 15) is 0 Å². The van der Waals surface area contributed by atoms with E-state index < -0.39 is 0 Å². The number of nitrogens with one attached hydrogen (secondary N) is 1. The molecule has 0 fully saturated rings. The first-order valence-electron chi connectivity index (χ1n) is 4.39. The first kappa shape index (κ1) is 8.26. The van der Waals surface area contributed by atoms with Crippen molar-refractivity contribution in [2.45, 2.75) is 6.42 Å². The van der Waals surface area contributed by atoms with E-state index >= 15 is 0 Å². The van der Waals surface area contributed by atoms with Gasteiger partial charge in [0.1, 0.15) is 0 Å². The largest absolute Gasteiger partial charge is 0.356 e. The van der Waals surface area contributed by atoms with Gasteiger partial charge in [-0.25, -0.2) is 0 Å². The zero-order valence-corrected chi connectivity index (χ0v) is 7.58. The minimum atomic E-state index is 0.869. The number of hydrogen-bond donors (Lipinski definition) is 1. The molecule has 3 heteroatoms. The molecule has 2 rings (SSSR count). The van der Waals surface area contributed by atoms with Gasteiger partial charge in [0.15, 0.2) is 5.58 Å². The summed E-state index contributed by atoms with van der Waals surface area (Å²) < 4.78 is 5.17. The number of likely N-dealkylation sites (N-methyl/N-ethyl adjacent to an activating group) is 1. The number of nitrogens with zero attached hydrogens (tertiary/aromatic N) is 1. The van der Waals surface area contributed by atoms with Crippen LogP contribution in [-0.4, -0.2) is 18.7 Å². The summed E-state index contributed by atoms with van der Waals surface area (Å²) in [6.45, 7) is 0.927. The van der Waals surface area contributed by atoms with Crippen LogP contribution < -0.4 is 5.32 Å². The Morgan fingerprint density at radius 3 is 3.08 bits per heavy atom. The van der Waals surface area contributed by atoms with Crippen LogP contribution in [0.4, 0.5) is 0 Å². The van der Waals surface area contributed by atoms with Gasteiger partial charge in [-0.15, -0.1) is 0 Å². The SMILES string of the molecule is CNCCc1noc2ccccc12. The molecule has 3 nitrogen and oxygen atoms in total. The van der Waals surface area contributed by atoms with E-state index in [2.05, 4.69) is 10.5 Å². The van der Waals surface area contributed by atoms with Gasteiger partial charge in [0.25, 0.3) is 0 Å². The minimum Gasteiger partial charge on any atom is -0.356 e. The van der Waals surface area contributed by atoms with E-state index in [1.54, 1.807) is 0 Å². The second kappa shape index (κ2) is 3.58. The van der Waals surface area contributed by atoms with Crippen LogP contribution >= 0.6 is 0 Å². The monoisotopic (exact) mass is 176 g/mol. The molecular weight excluding hydrogens is 164 g/mol. The molecule has 1 N–H and O–H groups in total. The molecule has 0 unspecified atom stereocenters. The van der Waals surface area contributed by atoms with Crippen LogP contribution in [-0.2, 0) is 6.42 Å². The first-order valence-corrected chi connectivity index (χ1v) is 4.39. The molecule has 68 valence electrons. The second-order valence-electron chi connectivity index (χ2n) is 2.98. The summed E-state index contributed by atoms with van der Waals surface area (Å²) in [5.41, 5.74) is 1.90. The average molecular weight is 176 g/mol. The lowest BCUT2D eigenvalue weighted by molar-refractivity contribution is 0.445. The quantitative estimate of drug-likeness (QED) is 0.771. The molecule has 0 spiro atoms. The molecule has 1 aromatic carbocycles. The summed E-state index contributed by atoms with van der Waals surface area (Å²) in [5.74, 6) is 0. The third-order valence-electron chi connectivity index (χ3n) is 2.06. The predicted octanol–water partition coefficient (Wildman–Crippen LogP) is 1.59. The summed E-state index contributed by atoms with van der Waals surface area (Å²) in [7, 11) is 1.93. The van der Waals surface area contributed by atoms with Crippen LogP contribution in [0.25, 0.3) is 11.0 Å². The number of para-hydroxylation sites is 1. The highest BCUT2D eigenvalue weighted by molar-refractivity contribution is 5.79. The third-order valence-corrected chi connectivity index (χ3v) is 2.06. The third kappa shape index (κ3) is 1.55. The highest BCUT2D eigenvalue weighted by atomic mass is 16.5. The molecule has 0 aliphatic rings. The molecule has 1 heterocycles. The summed E-state index contributed by atoms with van der Waals surface area (Å²) >= 11 is 0. The average Bonchev–Trinajstić information content (AvgIpc) is 2.58. The molecule has 0 radical (unpaired) electrons. The van der Waals surface area contributed by atoms with E-state index in [1.165, 1.54) is 0 Å². The maximum absolute atomic E-state index is 5.17. The normalized spacial score (nSPS) is 10.8. The van der Waals surface area contributed by atoms with Crippen molar-refractivity contribution >= 4 is 11.0 Å². The van der Waals surface area contributed by atoms with Crippen molar-refractivity contribution < 1.29 is 4.52 Å². The molecule has 0 amide bonds. The van der Waals surface area contributed by atoms with Crippen LogP contribution in [0.15, 0.2) is 28.8 Å². The maximum Gasteiger partial charge on any atom is 0.167 e. The summed E-state index contributed by atoms with van der Waals surface area (Å²) in [6, 6.07) is 7.93. The molecule has 13 heavy (non-hydrogen) atoms. The Bertz CT molecular complexity index is 394. The van der Waals surface area contributed by atoms with Gasteiger partial charge in [0.2, 0.25) is 0 Å². The van der Waals surface area contributed by atoms with Crippen molar-refractivity contribution in [1.82, 2.24) is 10.5 Å². The molecular formula is C10H12N2O. The van der Waals surface area contributed by atoms with E-state index in [0.29, 0.717) is 0 Å². The summed E-state index contributed by atoms with van der Waals surface area (Å²) in [6.07, 6.45) is 0.910. The Morgan fingerprint density at radius 1 is 1.38 bits per heavy atom. The number of rotatable bonds is 3. The number of aromatic nitrogens is 1. The molecule has 0 bridgehead atoms. The van der Waals surface area contributed by atoms with Crippen molar-refractivity contribution in [3.63, 3.8) is 0 Å². The Labute approximate surface area is 76.7 Å². The Morgan fingerprint density at radius 2 is 2.23 bits per heavy atom. The lowest BCUT2D eigenvalue weighted by Gasteiger charge is -1.94. The van der Waals surface area contributed by atoms with Crippen molar-refractivity contribution in [3.8, 4) is 0 Å². The summed E-state index contributed by atoms with van der Waals surface area (Å²) in [5, 5.41) is 8.23. The minimum absolute atomic E-state index is 0.869. The lowest BCUT2D eigenvalue weighted by atomic mass is 10.2. The maximum atomic E-state index is 5.17. The van der Waals surface area contributed by atoms with Crippen molar-refractivity contribution in [1.29, 1.82) is 0 Å². The van der Waals surface area contributed by atoms with Crippen LogP contribution in [0.2, 0.25) is 0 Å². The first-order chi connectivity index (χ1) is 6.42. The molecule has 0 atom stereocenters. The van der Waals surface area contributed by atoms with E-state index in [4.69, 9.17) is 4.52 Å². The van der Waals surface area contributed by atoms with Gasteiger partial charge < -0.3 is 9.84 Å². The molecule has 0 aliphatic carbocycles. The number of benzene rings is 1. The van der Waals surface area contributed by atoms with Gasteiger partial charge in [-0.2, -0.15) is 0 Å². The van der Waals surface area contributed by atoms with Crippen LogP contribution in [0, 0.1) is 0 Å². The van der Waals surface area contributed by atoms with Crippen LogP contribution in [0.1, 0.15) is 5.69 Å². The Hall–Kier alpha value is -1.35. The fourth-order valence-corrected chi connectivity index (χ4v) is 1.36. The highest BCUT2D eigenvalue weighted by Crippen LogP contribution is 2.17. The fraction of sp³-hybridized carbons (Fsp3) is 0.300. The molecule has 2 aromatic rings.